The van der Waals surface area contributed by atoms with Gasteiger partial charge in [-0.3, -0.25) is 0 Å². The zero-order valence-corrected chi connectivity index (χ0v) is 31.2. The topological polar surface area (TPSA) is 8.17 Å². The molecule has 0 atom stereocenters. The Morgan fingerprint density at radius 1 is 0.351 bits per heavy atom. The van der Waals surface area contributed by atoms with Crippen molar-refractivity contribution >= 4 is 38.9 Å². The molecule has 0 saturated heterocycles. The zero-order valence-electron chi connectivity index (χ0n) is 31.2. The first-order valence-electron chi connectivity index (χ1n) is 19.8. The lowest BCUT2D eigenvalue weighted by molar-refractivity contribution is 0.793. The van der Waals surface area contributed by atoms with Crippen molar-refractivity contribution < 1.29 is 0 Å². The van der Waals surface area contributed by atoms with Gasteiger partial charge in [0.05, 0.1) is 22.1 Å². The Hall–Kier alpha value is -7.42. The van der Waals surface area contributed by atoms with Gasteiger partial charge in [0.2, 0.25) is 0 Å². The van der Waals surface area contributed by atoms with Crippen LogP contribution in [0.5, 0.6) is 0 Å². The first-order valence-corrected chi connectivity index (χ1v) is 19.8. The van der Waals surface area contributed by atoms with Gasteiger partial charge in [0.25, 0.3) is 0 Å². The fourth-order valence-corrected chi connectivity index (χ4v) is 10.1. The van der Waals surface area contributed by atoms with Gasteiger partial charge >= 0.3 is 0 Å². The largest absolute Gasteiger partial charge is 0.310 e. The molecule has 266 valence electrons. The van der Waals surface area contributed by atoms with Crippen molar-refractivity contribution in [3.63, 3.8) is 0 Å². The smallest absolute Gasteiger partial charge is 0.0746 e. The second kappa shape index (κ2) is 12.3. The van der Waals surface area contributed by atoms with E-state index in [9.17, 15) is 0 Å². The van der Waals surface area contributed by atoms with E-state index in [1.54, 1.807) is 0 Å². The highest BCUT2D eigenvalue weighted by Gasteiger charge is 2.53. The Labute approximate surface area is 332 Å². The van der Waals surface area contributed by atoms with Crippen LogP contribution in [0.3, 0.4) is 0 Å². The van der Waals surface area contributed by atoms with Crippen molar-refractivity contribution in [2.45, 2.75) is 5.41 Å². The second-order valence-electron chi connectivity index (χ2n) is 15.2. The lowest BCUT2D eigenvalue weighted by Crippen LogP contribution is -2.28. The van der Waals surface area contributed by atoms with E-state index < -0.39 is 5.41 Å². The number of rotatable bonds is 5. The van der Waals surface area contributed by atoms with Crippen molar-refractivity contribution in [2.75, 3.05) is 4.90 Å². The third-order valence-corrected chi connectivity index (χ3v) is 12.4. The number of para-hydroxylation sites is 2. The Kier molecular flexibility index (Phi) is 6.88. The summed E-state index contributed by atoms with van der Waals surface area (Å²) in [6.07, 6.45) is 0. The fourth-order valence-electron chi connectivity index (χ4n) is 10.1. The van der Waals surface area contributed by atoms with Crippen molar-refractivity contribution in [3.05, 3.63) is 241 Å². The average molecular weight is 725 g/mol. The molecule has 0 saturated carbocycles. The number of hydrogen-bond acceptors (Lipinski definition) is 1. The van der Waals surface area contributed by atoms with E-state index in [2.05, 4.69) is 228 Å². The van der Waals surface area contributed by atoms with Gasteiger partial charge < -0.3 is 9.47 Å². The molecule has 1 aromatic heterocycles. The summed E-state index contributed by atoms with van der Waals surface area (Å²) in [5.41, 5.74) is 19.4. The lowest BCUT2D eigenvalue weighted by atomic mass is 9.70. The van der Waals surface area contributed by atoms with E-state index in [1.165, 1.54) is 83.1 Å². The normalized spacial score (nSPS) is 13.1. The number of nitrogens with zero attached hydrogens (tertiary/aromatic N) is 2. The zero-order chi connectivity index (χ0) is 37.5. The summed E-state index contributed by atoms with van der Waals surface area (Å²) in [5, 5.41) is 2.46. The molecule has 2 nitrogen and oxygen atoms in total. The summed E-state index contributed by atoms with van der Waals surface area (Å²) >= 11 is 0. The van der Waals surface area contributed by atoms with E-state index in [1.807, 2.05) is 0 Å². The number of benzene rings is 9. The molecule has 2 aliphatic carbocycles. The third kappa shape index (κ3) is 4.47. The minimum atomic E-state index is -0.495. The van der Waals surface area contributed by atoms with Gasteiger partial charge in [-0.05, 0) is 105 Å². The highest BCUT2D eigenvalue weighted by atomic mass is 15.1. The van der Waals surface area contributed by atoms with Crippen LogP contribution in [-0.4, -0.2) is 4.57 Å². The van der Waals surface area contributed by atoms with Gasteiger partial charge in [0.15, 0.2) is 0 Å². The molecule has 0 amide bonds. The quantitative estimate of drug-likeness (QED) is 0.172. The molecule has 2 heteroatoms. The van der Waals surface area contributed by atoms with Crippen LogP contribution in [0.4, 0.5) is 17.1 Å². The molecule has 12 rings (SSSR count). The summed E-state index contributed by atoms with van der Waals surface area (Å²) in [5.74, 6) is 0. The van der Waals surface area contributed by atoms with Crippen LogP contribution < -0.4 is 4.90 Å². The summed E-state index contributed by atoms with van der Waals surface area (Å²) < 4.78 is 2.39. The molecule has 0 N–H and O–H groups in total. The SMILES string of the molecule is c1ccc(-c2ccc(N(c3ccc4c(c3)c3ccccc3n4-c3ccccc3)c3cccc4c3C3(c5ccccc5-c5ccccc53)c3ccccc3-4)cc2)cc1. The fraction of sp³-hybridized carbons (Fsp3) is 0.0182. The molecule has 0 aliphatic heterocycles. The molecule has 0 bridgehead atoms. The van der Waals surface area contributed by atoms with E-state index in [4.69, 9.17) is 0 Å². The maximum atomic E-state index is 2.51. The van der Waals surface area contributed by atoms with Crippen LogP contribution in [0.15, 0.2) is 218 Å². The molecular weight excluding hydrogens is 689 g/mol. The van der Waals surface area contributed by atoms with Crippen LogP contribution in [0, 0.1) is 0 Å². The van der Waals surface area contributed by atoms with Crippen LogP contribution >= 0.6 is 0 Å². The average Bonchev–Trinajstić information content (AvgIpc) is 3.89. The minimum absolute atomic E-state index is 0.495. The van der Waals surface area contributed by atoms with Gasteiger partial charge in [0.1, 0.15) is 0 Å². The first kappa shape index (κ1) is 31.9. The monoisotopic (exact) mass is 724 g/mol. The molecule has 0 fully saturated rings. The summed E-state index contributed by atoms with van der Waals surface area (Å²) in [6.45, 7) is 0. The van der Waals surface area contributed by atoms with Gasteiger partial charge in [-0.2, -0.15) is 0 Å². The molecule has 9 aromatic carbocycles. The second-order valence-corrected chi connectivity index (χ2v) is 15.2. The number of fused-ring (bicyclic) bond motifs is 13. The maximum Gasteiger partial charge on any atom is 0.0746 e. The van der Waals surface area contributed by atoms with Crippen molar-refractivity contribution in [1.29, 1.82) is 0 Å². The molecule has 0 unspecified atom stereocenters. The summed E-state index contributed by atoms with van der Waals surface area (Å²) in [7, 11) is 0. The Morgan fingerprint density at radius 3 is 1.54 bits per heavy atom. The molecule has 1 heterocycles. The first-order chi connectivity index (χ1) is 28.3. The highest BCUT2D eigenvalue weighted by Crippen LogP contribution is 2.65. The van der Waals surface area contributed by atoms with Crippen LogP contribution in [0.1, 0.15) is 22.3 Å². The standard InChI is InChI=1S/C55H36N2/c1-3-16-37(17-4-1)38-30-32-40(33-31-38)56(41-34-35-52-47(36-41)45-23-10-14-28-51(45)57(52)39-18-5-2-6-19-39)53-29-15-24-46-44-22-9-13-27-50(44)55(54(46)53)48-25-11-7-20-42(48)43-21-8-12-26-49(43)55/h1-36H. The number of aromatic nitrogens is 1. The van der Waals surface area contributed by atoms with Crippen molar-refractivity contribution in [2.24, 2.45) is 0 Å². The van der Waals surface area contributed by atoms with Crippen LogP contribution in [0.2, 0.25) is 0 Å². The summed E-state index contributed by atoms with van der Waals surface area (Å²) in [4.78, 5) is 2.51. The minimum Gasteiger partial charge on any atom is -0.310 e. The number of hydrogen-bond donors (Lipinski definition) is 0. The molecule has 0 radical (unpaired) electrons. The van der Waals surface area contributed by atoms with E-state index in [0.717, 1.165) is 17.1 Å². The van der Waals surface area contributed by atoms with Gasteiger partial charge in [-0.25, -0.2) is 0 Å². The number of anilines is 3. The van der Waals surface area contributed by atoms with Gasteiger partial charge in [0, 0.05) is 33.4 Å². The molecule has 10 aromatic rings. The molecule has 2 aliphatic rings. The predicted octanol–water partition coefficient (Wildman–Crippen LogP) is 14.3. The van der Waals surface area contributed by atoms with Crippen molar-refractivity contribution in [3.8, 4) is 39.1 Å². The van der Waals surface area contributed by atoms with E-state index in [0.29, 0.717) is 0 Å². The Balaban J connectivity index is 1.16. The molecule has 1 spiro atoms. The van der Waals surface area contributed by atoms with Crippen LogP contribution in [0.25, 0.3) is 60.9 Å². The van der Waals surface area contributed by atoms with E-state index in [-0.39, 0.29) is 0 Å². The molecule has 57 heavy (non-hydrogen) atoms. The van der Waals surface area contributed by atoms with Gasteiger partial charge in [-0.15, -0.1) is 0 Å². The molecular formula is C55H36N2. The van der Waals surface area contributed by atoms with Crippen molar-refractivity contribution in [1.82, 2.24) is 4.57 Å². The van der Waals surface area contributed by atoms with Gasteiger partial charge in [-0.1, -0.05) is 164 Å². The van der Waals surface area contributed by atoms with Crippen LogP contribution in [-0.2, 0) is 5.41 Å². The Morgan fingerprint density at radius 2 is 0.860 bits per heavy atom. The highest BCUT2D eigenvalue weighted by molar-refractivity contribution is 6.11. The lowest BCUT2D eigenvalue weighted by Gasteiger charge is -2.36. The predicted molar refractivity (Wildman–Crippen MR) is 237 cm³/mol. The third-order valence-electron chi connectivity index (χ3n) is 12.4. The Bertz CT molecular complexity index is 3110. The maximum absolute atomic E-state index is 2.51. The van der Waals surface area contributed by atoms with E-state index >= 15 is 0 Å². The summed E-state index contributed by atoms with van der Waals surface area (Å²) in [6, 6.07) is 80.5.